The number of likely N-dealkylation sites (N-methyl/N-ethyl adjacent to an activating group) is 1. The van der Waals surface area contributed by atoms with Crippen LogP contribution < -0.4 is 0 Å². The maximum absolute atomic E-state index is 12.5. The Balaban J connectivity index is 1.83. The summed E-state index contributed by atoms with van der Waals surface area (Å²) in [6, 6.07) is 0. The minimum absolute atomic E-state index is 0.219. The van der Waals surface area contributed by atoms with E-state index in [-0.39, 0.29) is 12.5 Å². The lowest BCUT2D eigenvalue weighted by molar-refractivity contribution is -0.130. The summed E-state index contributed by atoms with van der Waals surface area (Å²) >= 11 is 0. The van der Waals surface area contributed by atoms with E-state index < -0.39 is 0 Å². The molecule has 0 aromatic carbocycles. The number of hydrogen-bond donors (Lipinski definition) is 1. The van der Waals surface area contributed by atoms with Crippen LogP contribution in [-0.2, 0) is 4.79 Å². The number of β-amino-alcohol motifs (C(OH)–C–C–N with tert-alkyl or cyclic N) is 1. The van der Waals surface area contributed by atoms with Crippen LogP contribution in [0.4, 0.5) is 0 Å². The van der Waals surface area contributed by atoms with Gasteiger partial charge in [0.2, 0.25) is 5.91 Å². The van der Waals surface area contributed by atoms with Crippen molar-refractivity contribution in [1.29, 1.82) is 0 Å². The van der Waals surface area contributed by atoms with Crippen molar-refractivity contribution in [2.75, 3.05) is 52.4 Å². The first-order valence-corrected chi connectivity index (χ1v) is 8.29. The zero-order chi connectivity index (χ0) is 15.1. The Kier molecular flexibility index (Phi) is 6.67. The molecular weight excluding hydrogens is 266 g/mol. The summed E-state index contributed by atoms with van der Waals surface area (Å²) < 4.78 is 0. The zero-order valence-electron chi connectivity index (χ0n) is 13.3. The molecule has 21 heavy (non-hydrogen) atoms. The minimum Gasteiger partial charge on any atom is -0.395 e. The number of carbonyl (C=O) groups excluding carboxylic acids is 1. The van der Waals surface area contributed by atoms with Gasteiger partial charge in [-0.1, -0.05) is 6.08 Å². The summed E-state index contributed by atoms with van der Waals surface area (Å²) in [4.78, 5) is 19.0. The van der Waals surface area contributed by atoms with Gasteiger partial charge in [-0.3, -0.25) is 14.6 Å². The van der Waals surface area contributed by atoms with Crippen LogP contribution >= 0.6 is 0 Å². The van der Waals surface area contributed by atoms with E-state index in [0.29, 0.717) is 6.54 Å². The first kappa shape index (κ1) is 16.5. The Hall–Kier alpha value is -0.910. The number of aliphatic hydroxyl groups is 1. The molecule has 120 valence electrons. The van der Waals surface area contributed by atoms with Crippen molar-refractivity contribution in [1.82, 2.24) is 14.7 Å². The molecule has 0 spiro atoms. The van der Waals surface area contributed by atoms with E-state index in [1.807, 2.05) is 4.90 Å². The van der Waals surface area contributed by atoms with Gasteiger partial charge in [0.25, 0.3) is 0 Å². The molecule has 1 aliphatic heterocycles. The maximum atomic E-state index is 12.5. The number of carbonyl (C=O) groups is 1. The Bertz CT molecular complexity index is 371. The van der Waals surface area contributed by atoms with Crippen LogP contribution in [0.3, 0.4) is 0 Å². The molecule has 2 rings (SSSR count). The van der Waals surface area contributed by atoms with E-state index in [1.165, 1.54) is 12.1 Å². The summed E-state index contributed by atoms with van der Waals surface area (Å²) in [6.45, 7) is 8.19. The molecule has 0 unspecified atom stereocenters. The summed E-state index contributed by atoms with van der Waals surface area (Å²) in [7, 11) is 0. The van der Waals surface area contributed by atoms with Crippen LogP contribution in [-0.4, -0.2) is 78.1 Å². The van der Waals surface area contributed by atoms with Gasteiger partial charge in [-0.15, -0.1) is 0 Å². The Morgan fingerprint density at radius 1 is 1.24 bits per heavy atom. The largest absolute Gasteiger partial charge is 0.395 e. The van der Waals surface area contributed by atoms with Gasteiger partial charge in [0, 0.05) is 31.9 Å². The molecule has 1 saturated heterocycles. The van der Waals surface area contributed by atoms with Gasteiger partial charge in [0.15, 0.2) is 0 Å². The molecule has 0 atom stereocenters. The smallest absolute Gasteiger partial charge is 0.240 e. The highest BCUT2D eigenvalue weighted by Crippen LogP contribution is 2.21. The lowest BCUT2D eigenvalue weighted by atomic mass is 10.3. The topological polar surface area (TPSA) is 47.0 Å². The number of nitrogens with zero attached hydrogens (tertiary/aromatic N) is 3. The Morgan fingerprint density at radius 2 is 2.00 bits per heavy atom. The number of hydrogen-bond acceptors (Lipinski definition) is 4. The molecule has 0 aromatic heterocycles. The standard InChI is InChI=1S/C16H29N3O2/c1-2-19(15-6-3-4-7-15)16(21)14-18-9-5-8-17(10-11-18)12-13-20/h6,20H,2-5,7-14H2,1H3. The van der Waals surface area contributed by atoms with Crippen molar-refractivity contribution < 1.29 is 9.90 Å². The average Bonchev–Trinajstić information content (AvgIpc) is 2.90. The predicted octanol–water partition coefficient (Wildman–Crippen LogP) is 0.903. The number of aliphatic hydroxyl groups excluding tert-OH is 1. The van der Waals surface area contributed by atoms with E-state index in [2.05, 4.69) is 22.8 Å². The number of amides is 1. The monoisotopic (exact) mass is 295 g/mol. The second kappa shape index (κ2) is 8.51. The molecule has 5 nitrogen and oxygen atoms in total. The molecule has 1 fully saturated rings. The molecule has 2 aliphatic rings. The fourth-order valence-corrected chi connectivity index (χ4v) is 3.26. The van der Waals surface area contributed by atoms with Gasteiger partial charge in [-0.05, 0) is 45.7 Å². The van der Waals surface area contributed by atoms with Gasteiger partial charge in [-0.2, -0.15) is 0 Å². The summed E-state index contributed by atoms with van der Waals surface area (Å²) in [6.07, 6.45) is 6.62. The third kappa shape index (κ3) is 4.80. The van der Waals surface area contributed by atoms with Gasteiger partial charge in [0.05, 0.1) is 13.2 Å². The second-order valence-electron chi connectivity index (χ2n) is 5.92. The highest BCUT2D eigenvalue weighted by Gasteiger charge is 2.22. The summed E-state index contributed by atoms with van der Waals surface area (Å²) in [5.41, 5.74) is 1.22. The SMILES string of the molecule is CCN(C(=O)CN1CCCN(CCO)CC1)C1=CCCC1. The van der Waals surface area contributed by atoms with E-state index >= 15 is 0 Å². The van der Waals surface area contributed by atoms with Crippen molar-refractivity contribution in [2.45, 2.75) is 32.6 Å². The number of allylic oxidation sites excluding steroid dienone is 2. The third-order valence-corrected chi connectivity index (χ3v) is 4.44. The molecule has 0 aromatic rings. The van der Waals surface area contributed by atoms with Crippen molar-refractivity contribution in [2.24, 2.45) is 0 Å². The minimum atomic E-state index is 0.219. The molecule has 5 heteroatoms. The van der Waals surface area contributed by atoms with Crippen molar-refractivity contribution in [3.63, 3.8) is 0 Å². The Labute approximate surface area is 128 Å². The zero-order valence-corrected chi connectivity index (χ0v) is 13.3. The average molecular weight is 295 g/mol. The molecule has 1 amide bonds. The van der Waals surface area contributed by atoms with Gasteiger partial charge < -0.3 is 10.0 Å². The normalized spacial score (nSPS) is 21.1. The van der Waals surface area contributed by atoms with Gasteiger partial charge in [0.1, 0.15) is 0 Å². The first-order chi connectivity index (χ1) is 10.2. The highest BCUT2D eigenvalue weighted by atomic mass is 16.3. The van der Waals surface area contributed by atoms with E-state index in [4.69, 9.17) is 5.11 Å². The lowest BCUT2D eigenvalue weighted by Gasteiger charge is -2.26. The molecule has 0 bridgehead atoms. The first-order valence-electron chi connectivity index (χ1n) is 8.29. The molecule has 0 saturated carbocycles. The number of rotatable bonds is 6. The van der Waals surface area contributed by atoms with E-state index in [1.54, 1.807) is 0 Å². The second-order valence-corrected chi connectivity index (χ2v) is 5.92. The molecular formula is C16H29N3O2. The maximum Gasteiger partial charge on any atom is 0.240 e. The predicted molar refractivity (Wildman–Crippen MR) is 83.9 cm³/mol. The van der Waals surface area contributed by atoms with Crippen molar-refractivity contribution in [3.05, 3.63) is 11.8 Å². The van der Waals surface area contributed by atoms with Crippen LogP contribution in [0.2, 0.25) is 0 Å². The Morgan fingerprint density at radius 3 is 2.67 bits per heavy atom. The van der Waals surface area contributed by atoms with Crippen LogP contribution in [0.5, 0.6) is 0 Å². The van der Waals surface area contributed by atoms with Gasteiger partial charge in [-0.25, -0.2) is 0 Å². The van der Waals surface area contributed by atoms with Crippen molar-refractivity contribution in [3.8, 4) is 0 Å². The fourth-order valence-electron chi connectivity index (χ4n) is 3.26. The molecule has 1 aliphatic carbocycles. The van der Waals surface area contributed by atoms with Gasteiger partial charge >= 0.3 is 0 Å². The fraction of sp³-hybridized carbons (Fsp3) is 0.812. The van der Waals surface area contributed by atoms with E-state index in [0.717, 1.165) is 58.5 Å². The quantitative estimate of drug-likeness (QED) is 0.791. The van der Waals surface area contributed by atoms with Crippen LogP contribution in [0, 0.1) is 0 Å². The summed E-state index contributed by atoms with van der Waals surface area (Å²) in [5, 5.41) is 9.03. The molecule has 0 radical (unpaired) electrons. The van der Waals surface area contributed by atoms with Crippen LogP contribution in [0.25, 0.3) is 0 Å². The van der Waals surface area contributed by atoms with Crippen molar-refractivity contribution >= 4 is 5.91 Å². The third-order valence-electron chi connectivity index (χ3n) is 4.44. The summed E-state index contributed by atoms with van der Waals surface area (Å²) in [5.74, 6) is 0.237. The highest BCUT2D eigenvalue weighted by molar-refractivity contribution is 5.80. The molecule has 1 heterocycles. The van der Waals surface area contributed by atoms with E-state index in [9.17, 15) is 4.79 Å². The van der Waals surface area contributed by atoms with Crippen LogP contribution in [0.15, 0.2) is 11.8 Å². The lowest BCUT2D eigenvalue weighted by Crippen LogP contribution is -2.41. The molecule has 1 N–H and O–H groups in total. The van der Waals surface area contributed by atoms with Crippen LogP contribution in [0.1, 0.15) is 32.6 Å².